The van der Waals surface area contributed by atoms with Gasteiger partial charge in [-0.15, -0.1) is 11.3 Å². The molecule has 0 aliphatic carbocycles. The summed E-state index contributed by atoms with van der Waals surface area (Å²) in [5.41, 5.74) is 4.99. The molecule has 1 aromatic carbocycles. The highest BCUT2D eigenvalue weighted by atomic mass is 35.5. The van der Waals surface area contributed by atoms with Gasteiger partial charge in [0.2, 0.25) is 0 Å². The van der Waals surface area contributed by atoms with Gasteiger partial charge in [-0.3, -0.25) is 4.98 Å². The molecule has 2 atom stereocenters. The summed E-state index contributed by atoms with van der Waals surface area (Å²) in [5.74, 6) is 0. The Morgan fingerprint density at radius 3 is 2.83 bits per heavy atom. The number of rotatable bonds is 3. The lowest BCUT2D eigenvalue weighted by Gasteiger charge is -2.38. The van der Waals surface area contributed by atoms with Crippen molar-refractivity contribution in [2.75, 3.05) is 18.0 Å². The van der Waals surface area contributed by atoms with Gasteiger partial charge in [-0.1, -0.05) is 11.6 Å². The Morgan fingerprint density at radius 2 is 2.09 bits per heavy atom. The maximum atomic E-state index is 12.9. The van der Waals surface area contributed by atoms with Crippen molar-refractivity contribution in [3.05, 3.63) is 45.9 Å². The van der Waals surface area contributed by atoms with Gasteiger partial charge in [0.05, 0.1) is 16.8 Å². The van der Waals surface area contributed by atoms with E-state index in [1.165, 1.54) is 11.3 Å². The number of nitrogens with zero attached hydrogens (tertiary/aromatic N) is 3. The minimum Gasteiger partial charge on any atom is -0.444 e. The van der Waals surface area contributed by atoms with E-state index in [1.54, 1.807) is 11.3 Å². The van der Waals surface area contributed by atoms with Crippen LogP contribution < -0.4 is 4.90 Å². The third kappa shape index (κ3) is 4.74. The van der Waals surface area contributed by atoms with Gasteiger partial charge in [-0.25, -0.2) is 4.79 Å². The van der Waals surface area contributed by atoms with Gasteiger partial charge in [0, 0.05) is 58.1 Å². The van der Waals surface area contributed by atoms with Gasteiger partial charge < -0.3 is 19.6 Å². The summed E-state index contributed by atoms with van der Waals surface area (Å²) in [6.45, 7) is 9.39. The van der Waals surface area contributed by atoms with E-state index in [0.29, 0.717) is 6.54 Å². The number of aliphatic hydroxyl groups excluding tert-OH is 1. The lowest BCUT2D eigenvalue weighted by Crippen LogP contribution is -2.43. The average molecular weight is 514 g/mol. The molecular weight excluding hydrogens is 482 g/mol. The van der Waals surface area contributed by atoms with Crippen LogP contribution in [0.5, 0.6) is 0 Å². The van der Waals surface area contributed by atoms with Crippen LogP contribution in [-0.2, 0) is 17.8 Å². The van der Waals surface area contributed by atoms with Crippen molar-refractivity contribution in [2.24, 2.45) is 0 Å². The topological polar surface area (TPSA) is 65.9 Å². The number of anilines is 1. The second-order valence-electron chi connectivity index (χ2n) is 10.6. The number of ether oxygens (including phenoxy) is 1. The Kier molecular flexibility index (Phi) is 6.45. The lowest BCUT2D eigenvalue weighted by atomic mass is 9.92. The van der Waals surface area contributed by atoms with Crippen LogP contribution in [0, 0.1) is 0 Å². The predicted molar refractivity (Wildman–Crippen MR) is 142 cm³/mol. The summed E-state index contributed by atoms with van der Waals surface area (Å²) in [6.07, 6.45) is 4.49. The van der Waals surface area contributed by atoms with Crippen molar-refractivity contribution >= 4 is 44.9 Å². The van der Waals surface area contributed by atoms with Crippen LogP contribution in [0.3, 0.4) is 0 Å². The number of carbonyl (C=O) groups excluding carboxylic acids is 1. The zero-order valence-electron chi connectivity index (χ0n) is 20.7. The van der Waals surface area contributed by atoms with E-state index >= 15 is 0 Å². The quantitative estimate of drug-likeness (QED) is 0.447. The molecule has 3 aromatic rings. The Morgan fingerprint density at radius 1 is 1.29 bits per heavy atom. The normalized spacial score (nSPS) is 20.4. The van der Waals surface area contributed by atoms with Crippen LogP contribution in [0.1, 0.15) is 51.0 Å². The molecule has 35 heavy (non-hydrogen) atoms. The molecule has 1 saturated heterocycles. The standard InChI is InChI=1S/C27H32ClN3O3S/c1-16-10-19(14-31(16)26(33)34-27(2,3)4)30-9-5-6-17-11-18(28)12-22(24(17)30)21-7-8-29-23-13-20(15-32)35-25(21)23/h7-8,11-13,16,19,32H,5-6,9-10,14-15H2,1-4H3/t16-,19+/m1/s1. The largest absolute Gasteiger partial charge is 0.444 e. The second kappa shape index (κ2) is 9.26. The molecule has 186 valence electrons. The highest BCUT2D eigenvalue weighted by Crippen LogP contribution is 2.45. The number of likely N-dealkylation sites (tertiary alicyclic amines) is 1. The first-order valence-electron chi connectivity index (χ1n) is 12.2. The number of carbonyl (C=O) groups is 1. The molecule has 1 fully saturated rings. The first kappa shape index (κ1) is 24.3. The van der Waals surface area contributed by atoms with Gasteiger partial charge in [0.25, 0.3) is 0 Å². The molecule has 0 radical (unpaired) electrons. The lowest BCUT2D eigenvalue weighted by molar-refractivity contribution is 0.0237. The van der Waals surface area contributed by atoms with Crippen molar-refractivity contribution in [1.82, 2.24) is 9.88 Å². The van der Waals surface area contributed by atoms with Crippen molar-refractivity contribution in [2.45, 2.75) is 71.2 Å². The van der Waals surface area contributed by atoms with Crippen LogP contribution in [-0.4, -0.2) is 51.9 Å². The second-order valence-corrected chi connectivity index (χ2v) is 12.1. The van der Waals surface area contributed by atoms with E-state index in [2.05, 4.69) is 28.9 Å². The number of hydrogen-bond donors (Lipinski definition) is 1. The predicted octanol–water partition coefficient (Wildman–Crippen LogP) is 6.26. The molecule has 1 amide bonds. The van der Waals surface area contributed by atoms with Gasteiger partial charge >= 0.3 is 6.09 Å². The molecule has 4 heterocycles. The van der Waals surface area contributed by atoms with Crippen LogP contribution in [0.15, 0.2) is 30.5 Å². The minimum atomic E-state index is -0.516. The number of hydrogen-bond acceptors (Lipinski definition) is 6. The highest BCUT2D eigenvalue weighted by Gasteiger charge is 2.39. The van der Waals surface area contributed by atoms with Crippen molar-refractivity contribution in [1.29, 1.82) is 0 Å². The maximum absolute atomic E-state index is 12.9. The van der Waals surface area contributed by atoms with E-state index in [-0.39, 0.29) is 24.8 Å². The minimum absolute atomic E-state index is 0.000702. The number of aromatic nitrogens is 1. The average Bonchev–Trinajstić information content (AvgIpc) is 3.40. The molecule has 0 spiro atoms. The Hall–Kier alpha value is -2.35. The van der Waals surface area contributed by atoms with Gasteiger partial charge in [-0.2, -0.15) is 0 Å². The third-order valence-corrected chi connectivity index (χ3v) is 8.18. The molecule has 6 nitrogen and oxygen atoms in total. The monoisotopic (exact) mass is 513 g/mol. The Labute approximate surface area is 215 Å². The first-order valence-corrected chi connectivity index (χ1v) is 13.4. The number of thiophene rings is 1. The summed E-state index contributed by atoms with van der Waals surface area (Å²) >= 11 is 8.21. The van der Waals surface area contributed by atoms with E-state index in [9.17, 15) is 9.90 Å². The van der Waals surface area contributed by atoms with Crippen LogP contribution in [0.2, 0.25) is 5.02 Å². The first-order chi connectivity index (χ1) is 16.6. The van der Waals surface area contributed by atoms with Crippen molar-refractivity contribution in [3.63, 3.8) is 0 Å². The molecule has 0 saturated carbocycles. The summed E-state index contributed by atoms with van der Waals surface area (Å²) < 4.78 is 6.75. The number of benzene rings is 1. The molecule has 8 heteroatoms. The smallest absolute Gasteiger partial charge is 0.410 e. The molecule has 2 aliphatic heterocycles. The Balaban J connectivity index is 1.55. The number of aliphatic hydroxyl groups is 1. The highest BCUT2D eigenvalue weighted by molar-refractivity contribution is 7.19. The SMILES string of the molecule is C[C@@H]1C[C@H](N2CCCc3cc(Cl)cc(-c4ccnc5cc(CO)sc45)c32)CN1C(=O)OC(C)(C)C. The summed E-state index contributed by atoms with van der Waals surface area (Å²) in [7, 11) is 0. The van der Waals surface area contributed by atoms with E-state index in [1.807, 2.05) is 44.0 Å². The summed E-state index contributed by atoms with van der Waals surface area (Å²) in [6, 6.07) is 8.44. The van der Waals surface area contributed by atoms with Gasteiger partial charge in [0.15, 0.2) is 0 Å². The number of aryl methyl sites for hydroxylation is 1. The maximum Gasteiger partial charge on any atom is 0.410 e. The zero-order chi connectivity index (χ0) is 24.9. The fraction of sp³-hybridized carbons (Fsp3) is 0.481. The van der Waals surface area contributed by atoms with Crippen LogP contribution >= 0.6 is 22.9 Å². The van der Waals surface area contributed by atoms with E-state index in [4.69, 9.17) is 16.3 Å². The molecule has 2 aliphatic rings. The van der Waals surface area contributed by atoms with E-state index < -0.39 is 5.60 Å². The Bertz CT molecular complexity index is 1270. The van der Waals surface area contributed by atoms with Crippen molar-refractivity contribution in [3.8, 4) is 11.1 Å². The third-order valence-electron chi connectivity index (χ3n) is 6.82. The molecule has 1 N–H and O–H groups in total. The van der Waals surface area contributed by atoms with Gasteiger partial charge in [0.1, 0.15) is 5.60 Å². The molecule has 0 bridgehead atoms. The van der Waals surface area contributed by atoms with E-state index in [0.717, 1.165) is 57.1 Å². The van der Waals surface area contributed by atoms with Gasteiger partial charge in [-0.05, 0) is 76.8 Å². The zero-order valence-corrected chi connectivity index (χ0v) is 22.2. The number of fused-ring (bicyclic) bond motifs is 2. The van der Waals surface area contributed by atoms with Crippen molar-refractivity contribution < 1.29 is 14.6 Å². The number of halogens is 1. The molecular formula is C27H32ClN3O3S. The number of pyridine rings is 1. The molecule has 0 unspecified atom stereocenters. The van der Waals surface area contributed by atoms with Crippen LogP contribution in [0.25, 0.3) is 21.3 Å². The number of amides is 1. The fourth-order valence-corrected chi connectivity index (χ4v) is 6.63. The summed E-state index contributed by atoms with van der Waals surface area (Å²) in [5, 5.41) is 10.4. The molecule has 5 rings (SSSR count). The van der Waals surface area contributed by atoms with Crippen LogP contribution in [0.4, 0.5) is 10.5 Å². The summed E-state index contributed by atoms with van der Waals surface area (Å²) in [4.78, 5) is 22.7. The molecule has 2 aromatic heterocycles. The fourth-order valence-electron chi connectivity index (χ4n) is 5.39.